The van der Waals surface area contributed by atoms with Crippen LogP contribution in [0.15, 0.2) is 24.7 Å². The predicted molar refractivity (Wildman–Crippen MR) is 92.6 cm³/mol. The lowest BCUT2D eigenvalue weighted by molar-refractivity contribution is 0.163. The zero-order chi connectivity index (χ0) is 16.9. The molecule has 1 aliphatic rings. The fourth-order valence-electron chi connectivity index (χ4n) is 3.09. The van der Waals surface area contributed by atoms with Gasteiger partial charge in [-0.2, -0.15) is 10.2 Å². The highest BCUT2D eigenvalue weighted by molar-refractivity contribution is 5.88. The molecule has 7 heteroatoms. The molecule has 2 aromatic rings. The largest absolute Gasteiger partial charge is 0.323 e. The second-order valence-electron chi connectivity index (χ2n) is 6.81. The average Bonchev–Trinajstić information content (AvgIpc) is 3.24. The molecule has 24 heavy (non-hydrogen) atoms. The van der Waals surface area contributed by atoms with Crippen LogP contribution in [-0.4, -0.2) is 37.5 Å². The van der Waals surface area contributed by atoms with E-state index >= 15 is 0 Å². The van der Waals surface area contributed by atoms with Gasteiger partial charge in [0.1, 0.15) is 0 Å². The van der Waals surface area contributed by atoms with E-state index in [9.17, 15) is 4.79 Å². The summed E-state index contributed by atoms with van der Waals surface area (Å²) in [5, 5.41) is 14.2. The number of piperidine rings is 1. The molecular weight excluding hydrogens is 304 g/mol. The molecule has 3 rings (SSSR count). The first kappa shape index (κ1) is 16.5. The van der Waals surface area contributed by atoms with E-state index in [-0.39, 0.29) is 12.1 Å². The molecule has 7 nitrogen and oxygen atoms in total. The van der Waals surface area contributed by atoms with Crippen molar-refractivity contribution in [1.29, 1.82) is 0 Å². The summed E-state index contributed by atoms with van der Waals surface area (Å²) in [6.07, 6.45) is 9.79. The maximum Gasteiger partial charge on any atom is 0.323 e. The second-order valence-corrected chi connectivity index (χ2v) is 6.81. The van der Waals surface area contributed by atoms with Crippen molar-refractivity contribution in [3.63, 3.8) is 0 Å². The first-order valence-electron chi connectivity index (χ1n) is 8.73. The van der Waals surface area contributed by atoms with Gasteiger partial charge in [-0.25, -0.2) is 4.79 Å². The van der Waals surface area contributed by atoms with E-state index in [1.165, 1.54) is 0 Å². The van der Waals surface area contributed by atoms with Gasteiger partial charge < -0.3 is 4.90 Å². The molecule has 1 aliphatic heterocycles. The fourth-order valence-corrected chi connectivity index (χ4v) is 3.09. The van der Waals surface area contributed by atoms with Crippen LogP contribution >= 0.6 is 0 Å². The molecule has 2 amide bonds. The number of likely N-dealkylation sites (tertiary alicyclic amines) is 1. The molecule has 2 N–H and O–H groups in total. The summed E-state index contributed by atoms with van der Waals surface area (Å²) < 4.78 is 1.89. The van der Waals surface area contributed by atoms with Gasteiger partial charge in [0, 0.05) is 37.1 Å². The van der Waals surface area contributed by atoms with E-state index in [1.807, 2.05) is 28.0 Å². The summed E-state index contributed by atoms with van der Waals surface area (Å²) >= 11 is 0. The number of carbonyl (C=O) groups is 1. The Morgan fingerprint density at radius 2 is 2.33 bits per heavy atom. The van der Waals surface area contributed by atoms with Crippen molar-refractivity contribution in [2.75, 3.05) is 11.9 Å². The number of anilines is 1. The van der Waals surface area contributed by atoms with E-state index in [4.69, 9.17) is 0 Å². The smallest absolute Gasteiger partial charge is 0.317 e. The number of aryl methyl sites for hydroxylation is 1. The molecule has 0 bridgehead atoms. The van der Waals surface area contributed by atoms with Crippen LogP contribution in [0.1, 0.15) is 51.1 Å². The number of nitrogens with one attached hydrogen (secondary N) is 2. The van der Waals surface area contributed by atoms with Crippen LogP contribution in [0.4, 0.5) is 10.6 Å². The topological polar surface area (TPSA) is 78.8 Å². The monoisotopic (exact) mass is 330 g/mol. The second kappa shape index (κ2) is 7.51. The molecule has 130 valence electrons. The number of aromatic nitrogens is 4. The van der Waals surface area contributed by atoms with Gasteiger partial charge in [-0.15, -0.1) is 0 Å². The number of amides is 2. The highest BCUT2D eigenvalue weighted by Gasteiger charge is 2.28. The highest BCUT2D eigenvalue weighted by atomic mass is 16.2. The number of H-pyrrole nitrogens is 1. The van der Waals surface area contributed by atoms with Crippen molar-refractivity contribution in [1.82, 2.24) is 24.9 Å². The van der Waals surface area contributed by atoms with Gasteiger partial charge in [0.15, 0.2) is 5.82 Å². The lowest BCUT2D eigenvalue weighted by Crippen LogP contribution is -2.41. The fraction of sp³-hybridized carbons (Fsp3) is 0.588. The number of nitrogens with zero attached hydrogens (tertiary/aromatic N) is 4. The van der Waals surface area contributed by atoms with Gasteiger partial charge in [0.2, 0.25) is 0 Å². The average molecular weight is 330 g/mol. The number of carbonyl (C=O) groups excluding carboxylic acids is 1. The quantitative estimate of drug-likeness (QED) is 0.881. The molecule has 1 atom stereocenters. The number of hydrogen-bond donors (Lipinski definition) is 2. The molecular formula is C17H26N6O. The first-order chi connectivity index (χ1) is 11.6. The summed E-state index contributed by atoms with van der Waals surface area (Å²) in [5.74, 6) is 1.25. The van der Waals surface area contributed by atoms with Crippen LogP contribution in [0.3, 0.4) is 0 Å². The summed E-state index contributed by atoms with van der Waals surface area (Å²) in [6, 6.07) is 1.85. The van der Waals surface area contributed by atoms with Crippen molar-refractivity contribution < 1.29 is 4.79 Å². The lowest BCUT2D eigenvalue weighted by Gasteiger charge is -2.35. The zero-order valence-electron chi connectivity index (χ0n) is 14.4. The molecule has 0 unspecified atom stereocenters. The van der Waals surface area contributed by atoms with Gasteiger partial charge in [-0.3, -0.25) is 15.1 Å². The Bertz CT molecular complexity index is 648. The molecule has 1 fully saturated rings. The van der Waals surface area contributed by atoms with Gasteiger partial charge in [-0.1, -0.05) is 13.8 Å². The molecule has 2 aromatic heterocycles. The molecule has 1 saturated heterocycles. The van der Waals surface area contributed by atoms with Crippen LogP contribution < -0.4 is 5.32 Å². The van der Waals surface area contributed by atoms with Crippen LogP contribution in [0, 0.1) is 5.92 Å². The van der Waals surface area contributed by atoms with E-state index in [2.05, 4.69) is 34.5 Å². The molecule has 3 heterocycles. The van der Waals surface area contributed by atoms with E-state index in [1.54, 1.807) is 6.20 Å². The van der Waals surface area contributed by atoms with Crippen molar-refractivity contribution >= 4 is 11.8 Å². The summed E-state index contributed by atoms with van der Waals surface area (Å²) in [6.45, 7) is 6.02. The molecule has 0 spiro atoms. The van der Waals surface area contributed by atoms with Crippen molar-refractivity contribution in [3.05, 3.63) is 30.2 Å². The minimum atomic E-state index is -0.0880. The summed E-state index contributed by atoms with van der Waals surface area (Å²) in [4.78, 5) is 14.6. The Hall–Kier alpha value is -2.31. The summed E-state index contributed by atoms with van der Waals surface area (Å²) in [7, 11) is 0. The van der Waals surface area contributed by atoms with Gasteiger partial charge in [-0.05, 0) is 31.6 Å². The minimum absolute atomic E-state index is 0.0838. The zero-order valence-corrected chi connectivity index (χ0v) is 14.4. The Morgan fingerprint density at radius 1 is 1.46 bits per heavy atom. The predicted octanol–water partition coefficient (Wildman–Crippen LogP) is 3.41. The number of rotatable bonds is 5. The standard InChI is InChI=1S/C17H26N6O/c1-13(2)6-9-22-10-7-16(21-22)20-17(24)23-8-4-3-5-15(23)14-11-18-19-12-14/h7,10-13,15H,3-6,8-9H2,1-2H3,(H,18,19)(H,20,21,24)/t15-/m0/s1. The Balaban J connectivity index is 1.63. The number of urea groups is 1. The third kappa shape index (κ3) is 3.96. The minimum Gasteiger partial charge on any atom is -0.317 e. The normalized spacial score (nSPS) is 18.1. The van der Waals surface area contributed by atoms with E-state index in [0.717, 1.165) is 44.3 Å². The Morgan fingerprint density at radius 3 is 3.08 bits per heavy atom. The van der Waals surface area contributed by atoms with Crippen molar-refractivity contribution in [2.24, 2.45) is 5.92 Å². The number of aromatic amines is 1. The SMILES string of the molecule is CC(C)CCn1ccc(NC(=O)N2CCCC[C@H]2c2cn[nH]c2)n1. The highest BCUT2D eigenvalue weighted by Crippen LogP contribution is 2.30. The molecule has 0 saturated carbocycles. The molecule has 0 aromatic carbocycles. The van der Waals surface area contributed by atoms with Crippen molar-refractivity contribution in [3.8, 4) is 0 Å². The van der Waals surface area contributed by atoms with Crippen molar-refractivity contribution in [2.45, 2.75) is 52.1 Å². The Labute approximate surface area is 142 Å². The number of hydrogen-bond acceptors (Lipinski definition) is 3. The maximum absolute atomic E-state index is 12.7. The summed E-state index contributed by atoms with van der Waals surface area (Å²) in [5.41, 5.74) is 1.06. The van der Waals surface area contributed by atoms with E-state index in [0.29, 0.717) is 11.7 Å². The third-order valence-corrected chi connectivity index (χ3v) is 4.48. The van der Waals surface area contributed by atoms with E-state index < -0.39 is 0 Å². The van der Waals surface area contributed by atoms with Crippen LogP contribution in [-0.2, 0) is 6.54 Å². The molecule has 0 aliphatic carbocycles. The Kier molecular flexibility index (Phi) is 5.17. The van der Waals surface area contributed by atoms with Crippen LogP contribution in [0.5, 0.6) is 0 Å². The van der Waals surface area contributed by atoms with Crippen LogP contribution in [0.25, 0.3) is 0 Å². The third-order valence-electron chi connectivity index (χ3n) is 4.48. The van der Waals surface area contributed by atoms with Gasteiger partial charge >= 0.3 is 6.03 Å². The first-order valence-corrected chi connectivity index (χ1v) is 8.73. The van der Waals surface area contributed by atoms with Gasteiger partial charge in [0.25, 0.3) is 0 Å². The molecule has 0 radical (unpaired) electrons. The van der Waals surface area contributed by atoms with Gasteiger partial charge in [0.05, 0.1) is 12.2 Å². The van der Waals surface area contributed by atoms with Crippen LogP contribution in [0.2, 0.25) is 0 Å². The lowest BCUT2D eigenvalue weighted by atomic mass is 9.98. The maximum atomic E-state index is 12.7.